The van der Waals surface area contributed by atoms with Gasteiger partial charge in [-0.1, -0.05) is 42.8 Å². The third-order valence-corrected chi connectivity index (χ3v) is 2.29. The summed E-state index contributed by atoms with van der Waals surface area (Å²) in [5.41, 5.74) is 2.17. The standard InChI is InChI=1S/C12H16O/c1-4-10(3)12(13)11-7-5-9(2)6-8-11/h4-8,10,12-13H,1H2,2-3H3/t10-,12+/m0/s1. The van der Waals surface area contributed by atoms with Crippen LogP contribution in [0.5, 0.6) is 0 Å². The van der Waals surface area contributed by atoms with Crippen molar-refractivity contribution in [2.24, 2.45) is 5.92 Å². The molecule has 13 heavy (non-hydrogen) atoms. The largest absolute Gasteiger partial charge is 0.388 e. The maximum atomic E-state index is 9.81. The topological polar surface area (TPSA) is 20.2 Å². The molecule has 0 aromatic heterocycles. The number of rotatable bonds is 3. The maximum absolute atomic E-state index is 9.81. The van der Waals surface area contributed by atoms with Gasteiger partial charge >= 0.3 is 0 Å². The molecule has 0 aliphatic rings. The number of aryl methyl sites for hydroxylation is 1. The number of aliphatic hydroxyl groups is 1. The molecule has 1 N–H and O–H groups in total. The first-order chi connectivity index (χ1) is 6.15. The highest BCUT2D eigenvalue weighted by molar-refractivity contribution is 5.23. The summed E-state index contributed by atoms with van der Waals surface area (Å²) in [6.45, 7) is 7.66. The first-order valence-electron chi connectivity index (χ1n) is 4.52. The molecule has 1 nitrogen and oxygen atoms in total. The SMILES string of the molecule is C=C[C@H](C)[C@@H](O)c1ccc(C)cc1. The summed E-state index contributed by atoms with van der Waals surface area (Å²) < 4.78 is 0. The molecule has 2 atom stereocenters. The number of hydrogen-bond donors (Lipinski definition) is 1. The van der Waals surface area contributed by atoms with E-state index in [9.17, 15) is 5.11 Å². The van der Waals surface area contributed by atoms with Crippen LogP contribution in [0.3, 0.4) is 0 Å². The predicted octanol–water partition coefficient (Wildman–Crippen LogP) is 2.85. The molecule has 0 aliphatic heterocycles. The van der Waals surface area contributed by atoms with Gasteiger partial charge in [0.05, 0.1) is 6.10 Å². The highest BCUT2D eigenvalue weighted by Gasteiger charge is 2.12. The molecule has 1 heteroatoms. The van der Waals surface area contributed by atoms with Gasteiger partial charge in [0.1, 0.15) is 0 Å². The Hall–Kier alpha value is -1.08. The van der Waals surface area contributed by atoms with Crippen molar-refractivity contribution in [3.05, 3.63) is 48.0 Å². The maximum Gasteiger partial charge on any atom is 0.0849 e. The molecule has 0 fully saturated rings. The average molecular weight is 176 g/mol. The van der Waals surface area contributed by atoms with Crippen LogP contribution in [0.4, 0.5) is 0 Å². The van der Waals surface area contributed by atoms with Crippen LogP contribution in [-0.2, 0) is 0 Å². The molecule has 1 rings (SSSR count). The second kappa shape index (κ2) is 4.24. The van der Waals surface area contributed by atoms with Crippen molar-refractivity contribution >= 4 is 0 Å². The molecule has 1 aromatic carbocycles. The number of aliphatic hydroxyl groups excluding tert-OH is 1. The summed E-state index contributed by atoms with van der Waals surface area (Å²) >= 11 is 0. The van der Waals surface area contributed by atoms with Gasteiger partial charge < -0.3 is 5.11 Å². The Kier molecular flexibility index (Phi) is 3.26. The van der Waals surface area contributed by atoms with Gasteiger partial charge in [-0.15, -0.1) is 6.58 Å². The first kappa shape index (κ1) is 10.0. The van der Waals surface area contributed by atoms with Crippen LogP contribution in [0.1, 0.15) is 24.2 Å². The molecule has 0 spiro atoms. The Morgan fingerprint density at radius 3 is 2.31 bits per heavy atom. The monoisotopic (exact) mass is 176 g/mol. The van der Waals surface area contributed by atoms with Gasteiger partial charge in [0, 0.05) is 5.92 Å². The Bertz CT molecular complexity index is 274. The molecule has 0 radical (unpaired) electrons. The van der Waals surface area contributed by atoms with Crippen molar-refractivity contribution in [2.75, 3.05) is 0 Å². The fourth-order valence-electron chi connectivity index (χ4n) is 1.20. The molecule has 0 saturated heterocycles. The van der Waals surface area contributed by atoms with E-state index < -0.39 is 6.10 Å². The lowest BCUT2D eigenvalue weighted by Gasteiger charge is -2.15. The summed E-state index contributed by atoms with van der Waals surface area (Å²) in [5.74, 6) is 0.0997. The van der Waals surface area contributed by atoms with Crippen molar-refractivity contribution < 1.29 is 5.11 Å². The highest BCUT2D eigenvalue weighted by atomic mass is 16.3. The van der Waals surface area contributed by atoms with E-state index in [0.717, 1.165) is 5.56 Å². The normalized spacial score (nSPS) is 15.0. The Morgan fingerprint density at radius 1 is 1.31 bits per heavy atom. The molecule has 0 amide bonds. The third-order valence-electron chi connectivity index (χ3n) is 2.29. The summed E-state index contributed by atoms with van der Waals surface area (Å²) in [5, 5.41) is 9.81. The quantitative estimate of drug-likeness (QED) is 0.702. The number of hydrogen-bond acceptors (Lipinski definition) is 1. The number of benzene rings is 1. The minimum Gasteiger partial charge on any atom is -0.388 e. The van der Waals surface area contributed by atoms with Gasteiger partial charge in [-0.25, -0.2) is 0 Å². The van der Waals surface area contributed by atoms with Crippen LogP contribution in [0.15, 0.2) is 36.9 Å². The van der Waals surface area contributed by atoms with E-state index in [1.807, 2.05) is 38.1 Å². The molecule has 1 aromatic rings. The van der Waals surface area contributed by atoms with Crippen molar-refractivity contribution in [2.45, 2.75) is 20.0 Å². The molecular weight excluding hydrogens is 160 g/mol. The summed E-state index contributed by atoms with van der Waals surface area (Å²) in [7, 11) is 0. The molecular formula is C12H16O. The third kappa shape index (κ3) is 2.43. The van der Waals surface area contributed by atoms with E-state index in [2.05, 4.69) is 6.58 Å². The zero-order valence-electron chi connectivity index (χ0n) is 8.20. The summed E-state index contributed by atoms with van der Waals surface area (Å²) in [6, 6.07) is 7.93. The Balaban J connectivity index is 2.82. The molecule has 0 bridgehead atoms. The molecule has 0 unspecified atom stereocenters. The van der Waals surface area contributed by atoms with Crippen LogP contribution in [-0.4, -0.2) is 5.11 Å². The zero-order valence-corrected chi connectivity index (χ0v) is 8.20. The molecule has 0 heterocycles. The van der Waals surface area contributed by atoms with Crippen LogP contribution in [0.25, 0.3) is 0 Å². The molecule has 70 valence electrons. The van der Waals surface area contributed by atoms with Crippen molar-refractivity contribution in [1.29, 1.82) is 0 Å². The second-order valence-electron chi connectivity index (χ2n) is 3.45. The van der Waals surface area contributed by atoms with Gasteiger partial charge in [-0.05, 0) is 12.5 Å². The van der Waals surface area contributed by atoms with Gasteiger partial charge in [-0.3, -0.25) is 0 Å². The Morgan fingerprint density at radius 2 is 1.85 bits per heavy atom. The van der Waals surface area contributed by atoms with E-state index >= 15 is 0 Å². The molecule has 0 aliphatic carbocycles. The van der Waals surface area contributed by atoms with E-state index in [0.29, 0.717) is 0 Å². The van der Waals surface area contributed by atoms with Crippen molar-refractivity contribution in [3.63, 3.8) is 0 Å². The highest BCUT2D eigenvalue weighted by Crippen LogP contribution is 2.22. The van der Waals surface area contributed by atoms with E-state index in [1.54, 1.807) is 6.08 Å². The summed E-state index contributed by atoms with van der Waals surface area (Å²) in [4.78, 5) is 0. The van der Waals surface area contributed by atoms with Gasteiger partial charge in [0.2, 0.25) is 0 Å². The van der Waals surface area contributed by atoms with Crippen molar-refractivity contribution in [1.82, 2.24) is 0 Å². The van der Waals surface area contributed by atoms with Crippen LogP contribution >= 0.6 is 0 Å². The molecule has 0 saturated carbocycles. The van der Waals surface area contributed by atoms with E-state index in [4.69, 9.17) is 0 Å². The minimum atomic E-state index is -0.432. The Labute approximate surface area is 79.7 Å². The minimum absolute atomic E-state index is 0.0997. The van der Waals surface area contributed by atoms with E-state index in [1.165, 1.54) is 5.56 Å². The van der Waals surface area contributed by atoms with Crippen LogP contribution in [0.2, 0.25) is 0 Å². The van der Waals surface area contributed by atoms with Crippen LogP contribution < -0.4 is 0 Å². The zero-order chi connectivity index (χ0) is 9.84. The van der Waals surface area contributed by atoms with Crippen LogP contribution in [0, 0.1) is 12.8 Å². The second-order valence-corrected chi connectivity index (χ2v) is 3.45. The van der Waals surface area contributed by atoms with Gasteiger partial charge in [-0.2, -0.15) is 0 Å². The fraction of sp³-hybridized carbons (Fsp3) is 0.333. The fourth-order valence-corrected chi connectivity index (χ4v) is 1.20. The predicted molar refractivity (Wildman–Crippen MR) is 55.5 cm³/mol. The first-order valence-corrected chi connectivity index (χ1v) is 4.52. The van der Waals surface area contributed by atoms with Gasteiger partial charge in [0.15, 0.2) is 0 Å². The lowest BCUT2D eigenvalue weighted by atomic mass is 9.97. The lowest BCUT2D eigenvalue weighted by molar-refractivity contribution is 0.140. The average Bonchev–Trinajstić information content (AvgIpc) is 2.17. The van der Waals surface area contributed by atoms with Gasteiger partial charge in [0.25, 0.3) is 0 Å². The summed E-state index contributed by atoms with van der Waals surface area (Å²) in [6.07, 6.45) is 1.34. The van der Waals surface area contributed by atoms with Crippen molar-refractivity contribution in [3.8, 4) is 0 Å². The lowest BCUT2D eigenvalue weighted by Crippen LogP contribution is -2.05. The smallest absolute Gasteiger partial charge is 0.0849 e. The van der Waals surface area contributed by atoms with E-state index in [-0.39, 0.29) is 5.92 Å².